The number of nitrogens with two attached hydrogens (primary N) is 1. The molecule has 6 rings (SSSR count). The van der Waals surface area contributed by atoms with Crippen molar-refractivity contribution >= 4 is 17.6 Å². The Bertz CT molecular complexity index is 1130. The summed E-state index contributed by atoms with van der Waals surface area (Å²) in [7, 11) is 0. The summed E-state index contributed by atoms with van der Waals surface area (Å²) in [6, 6.07) is 9.58. The van der Waals surface area contributed by atoms with Gasteiger partial charge in [0.2, 0.25) is 11.8 Å². The van der Waals surface area contributed by atoms with Crippen molar-refractivity contribution in [2.45, 2.75) is 56.7 Å². The van der Waals surface area contributed by atoms with Gasteiger partial charge in [-0.2, -0.15) is 0 Å². The first-order valence-electron chi connectivity index (χ1n) is 12.3. The van der Waals surface area contributed by atoms with E-state index in [1.165, 1.54) is 12.1 Å². The first-order chi connectivity index (χ1) is 16.4. The molecule has 178 valence electrons. The topological polar surface area (TPSA) is 100 Å². The van der Waals surface area contributed by atoms with Crippen molar-refractivity contribution in [3.63, 3.8) is 0 Å². The van der Waals surface area contributed by atoms with Crippen molar-refractivity contribution in [3.8, 4) is 0 Å². The summed E-state index contributed by atoms with van der Waals surface area (Å²) in [5.74, 6) is 0.560. The monoisotopic (exact) mass is 463 g/mol. The van der Waals surface area contributed by atoms with Gasteiger partial charge in [-0.25, -0.2) is 9.37 Å². The lowest BCUT2D eigenvalue weighted by Gasteiger charge is -2.49. The summed E-state index contributed by atoms with van der Waals surface area (Å²) in [4.78, 5) is 33.0. The molecule has 7 nitrogen and oxygen atoms in total. The number of hydrogen-bond acceptors (Lipinski definition) is 5. The molecule has 1 aromatic carbocycles. The quantitative estimate of drug-likeness (QED) is 0.631. The number of rotatable bonds is 5. The van der Waals surface area contributed by atoms with Gasteiger partial charge >= 0.3 is 0 Å². The molecule has 2 aromatic rings. The van der Waals surface area contributed by atoms with Crippen LogP contribution in [0.2, 0.25) is 0 Å². The minimum atomic E-state index is -0.385. The van der Waals surface area contributed by atoms with Crippen LogP contribution in [-0.2, 0) is 22.4 Å². The lowest BCUT2D eigenvalue weighted by atomic mass is 9.83. The molecule has 8 heteroatoms. The highest BCUT2D eigenvalue weighted by Crippen LogP contribution is 2.58. The molecule has 2 aliphatic carbocycles. The molecule has 1 unspecified atom stereocenters. The van der Waals surface area contributed by atoms with E-state index in [4.69, 9.17) is 5.73 Å². The number of likely N-dealkylation sites (tertiary alicyclic amines) is 1. The van der Waals surface area contributed by atoms with E-state index in [1.54, 1.807) is 11.0 Å². The zero-order chi connectivity index (χ0) is 23.4. The van der Waals surface area contributed by atoms with Crippen molar-refractivity contribution < 1.29 is 14.0 Å². The predicted molar refractivity (Wildman–Crippen MR) is 125 cm³/mol. The molecular formula is C26H30FN5O2. The van der Waals surface area contributed by atoms with E-state index in [-0.39, 0.29) is 41.2 Å². The Kier molecular flexibility index (Phi) is 5.09. The van der Waals surface area contributed by atoms with E-state index in [0.29, 0.717) is 18.3 Å². The third kappa shape index (κ3) is 3.74. The smallest absolute Gasteiger partial charge is 0.243 e. The first kappa shape index (κ1) is 21.5. The number of anilines is 1. The van der Waals surface area contributed by atoms with Gasteiger partial charge in [-0.1, -0.05) is 18.2 Å². The van der Waals surface area contributed by atoms with Crippen LogP contribution < -0.4 is 16.4 Å². The van der Waals surface area contributed by atoms with Crippen LogP contribution in [0.3, 0.4) is 0 Å². The van der Waals surface area contributed by atoms with Gasteiger partial charge in [-0.3, -0.25) is 9.59 Å². The van der Waals surface area contributed by atoms with E-state index in [9.17, 15) is 14.0 Å². The van der Waals surface area contributed by atoms with E-state index < -0.39 is 0 Å². The van der Waals surface area contributed by atoms with Crippen molar-refractivity contribution in [2.75, 3.05) is 18.8 Å². The Labute approximate surface area is 198 Å². The van der Waals surface area contributed by atoms with Crippen LogP contribution in [0, 0.1) is 17.2 Å². The fourth-order valence-corrected chi connectivity index (χ4v) is 6.14. The van der Waals surface area contributed by atoms with Crippen molar-refractivity contribution in [3.05, 3.63) is 59.0 Å². The largest absolute Gasteiger partial charge is 0.384 e. The molecular weight excluding hydrogens is 433 g/mol. The number of nitrogen functional groups attached to an aromatic ring is 1. The van der Waals surface area contributed by atoms with Crippen molar-refractivity contribution in [1.29, 1.82) is 0 Å². The zero-order valence-corrected chi connectivity index (χ0v) is 19.1. The number of benzene rings is 1. The van der Waals surface area contributed by atoms with Gasteiger partial charge in [0.05, 0.1) is 12.1 Å². The molecule has 2 aliphatic heterocycles. The number of pyridine rings is 1. The summed E-state index contributed by atoms with van der Waals surface area (Å²) in [5.41, 5.74) is 8.84. The van der Waals surface area contributed by atoms with Gasteiger partial charge in [0.25, 0.3) is 0 Å². The number of amides is 2. The standard InChI is InChI=1S/C26H30FN5O2/c27-17-3-1-15(2-4-17)11-16-12-21(29-13-16)25(34)32-14-26(9-10-26)23(32)24(33)31-20-7-6-19-18(20)5-8-22(28)30-19/h1-5,8,16,20-21,23,29H,6-7,9-14H2,(H2,28,30)(H,31,33)/t16-,20?,21+,23+/m0/s1. The number of fused-ring (bicyclic) bond motifs is 1. The number of carbonyl (C=O) groups excluding carboxylic acids is 2. The molecule has 3 heterocycles. The second-order valence-electron chi connectivity index (χ2n) is 10.5. The van der Waals surface area contributed by atoms with Gasteiger partial charge in [-0.05, 0) is 80.3 Å². The molecule has 34 heavy (non-hydrogen) atoms. The Morgan fingerprint density at radius 2 is 2.00 bits per heavy atom. The summed E-state index contributed by atoms with van der Waals surface area (Å²) in [6.07, 6.45) is 5.15. The molecule has 1 spiro atoms. The second kappa shape index (κ2) is 8.05. The summed E-state index contributed by atoms with van der Waals surface area (Å²) < 4.78 is 13.2. The fraction of sp³-hybridized carbons (Fsp3) is 0.500. The zero-order valence-electron chi connectivity index (χ0n) is 19.1. The van der Waals surface area contributed by atoms with Crippen LogP contribution in [0.4, 0.5) is 10.2 Å². The Morgan fingerprint density at radius 1 is 1.21 bits per heavy atom. The maximum Gasteiger partial charge on any atom is 0.243 e. The number of aryl methyl sites for hydroxylation is 1. The van der Waals surface area contributed by atoms with Gasteiger partial charge in [0.15, 0.2) is 0 Å². The third-order valence-electron chi connectivity index (χ3n) is 8.15. The Morgan fingerprint density at radius 3 is 2.76 bits per heavy atom. The highest BCUT2D eigenvalue weighted by Gasteiger charge is 2.65. The molecule has 4 aliphatic rings. The molecule has 1 saturated carbocycles. The van der Waals surface area contributed by atoms with Crippen molar-refractivity contribution in [1.82, 2.24) is 20.5 Å². The number of hydrogen-bond donors (Lipinski definition) is 3. The number of carbonyl (C=O) groups is 2. The normalized spacial score (nSPS) is 28.4. The van der Waals surface area contributed by atoms with Crippen LogP contribution in [-0.4, -0.2) is 46.9 Å². The number of halogens is 1. The molecule has 2 saturated heterocycles. The first-order valence-corrected chi connectivity index (χ1v) is 12.3. The lowest BCUT2D eigenvalue weighted by Crippen LogP contribution is -2.68. The molecule has 4 N–H and O–H groups in total. The van der Waals surface area contributed by atoms with Gasteiger partial charge in [-0.15, -0.1) is 0 Å². The number of aromatic nitrogens is 1. The van der Waals surface area contributed by atoms with Gasteiger partial charge in [0.1, 0.15) is 17.7 Å². The number of nitrogens with one attached hydrogen (secondary N) is 2. The Balaban J connectivity index is 1.09. The summed E-state index contributed by atoms with van der Waals surface area (Å²) in [5, 5.41) is 6.58. The van der Waals surface area contributed by atoms with Crippen LogP contribution in [0.5, 0.6) is 0 Å². The molecule has 1 aromatic heterocycles. The van der Waals surface area contributed by atoms with Crippen LogP contribution in [0.15, 0.2) is 36.4 Å². The maximum atomic E-state index is 13.4. The van der Waals surface area contributed by atoms with Crippen LogP contribution in [0.25, 0.3) is 0 Å². The van der Waals surface area contributed by atoms with E-state index in [2.05, 4.69) is 15.6 Å². The van der Waals surface area contributed by atoms with E-state index in [0.717, 1.165) is 61.9 Å². The SMILES string of the molecule is Nc1ccc2c(n1)CCC2NC(=O)[C@H]1N(C(=O)[C@H]2C[C@H](Cc3ccc(F)cc3)CN2)CC12CC2. The van der Waals surface area contributed by atoms with E-state index >= 15 is 0 Å². The average Bonchev–Trinajstić information content (AvgIpc) is 3.34. The minimum Gasteiger partial charge on any atom is -0.384 e. The van der Waals surface area contributed by atoms with Gasteiger partial charge in [0, 0.05) is 17.7 Å². The summed E-state index contributed by atoms with van der Waals surface area (Å²) >= 11 is 0. The number of nitrogens with zero attached hydrogens (tertiary/aromatic N) is 2. The maximum absolute atomic E-state index is 13.4. The molecule has 4 atom stereocenters. The fourth-order valence-electron chi connectivity index (χ4n) is 6.14. The highest BCUT2D eigenvalue weighted by atomic mass is 19.1. The third-order valence-corrected chi connectivity index (χ3v) is 8.15. The lowest BCUT2D eigenvalue weighted by molar-refractivity contribution is -0.157. The second-order valence-corrected chi connectivity index (χ2v) is 10.5. The van der Waals surface area contributed by atoms with Crippen molar-refractivity contribution in [2.24, 2.45) is 11.3 Å². The van der Waals surface area contributed by atoms with Crippen LogP contribution in [0.1, 0.15) is 48.5 Å². The van der Waals surface area contributed by atoms with Crippen LogP contribution >= 0.6 is 0 Å². The Hall–Kier alpha value is -3.00. The molecule has 0 bridgehead atoms. The van der Waals surface area contributed by atoms with Gasteiger partial charge < -0.3 is 21.3 Å². The highest BCUT2D eigenvalue weighted by molar-refractivity contribution is 5.93. The minimum absolute atomic E-state index is 0.0283. The molecule has 0 radical (unpaired) electrons. The average molecular weight is 464 g/mol. The summed E-state index contributed by atoms with van der Waals surface area (Å²) in [6.45, 7) is 1.42. The molecule has 2 amide bonds. The predicted octanol–water partition coefficient (Wildman–Crippen LogP) is 2.12. The van der Waals surface area contributed by atoms with E-state index in [1.807, 2.05) is 18.2 Å². The molecule has 3 fully saturated rings.